The van der Waals surface area contributed by atoms with Gasteiger partial charge in [0, 0.05) is 13.1 Å². The average Bonchev–Trinajstić information content (AvgIpc) is 3.87. The van der Waals surface area contributed by atoms with E-state index < -0.39 is 24.3 Å². The number of nitrogens with one attached hydrogen (secondary N) is 4. The summed E-state index contributed by atoms with van der Waals surface area (Å²) in [5.74, 6) is 1.60. The second-order valence-electron chi connectivity index (χ2n) is 16.7. The number of ether oxygens (including phenoxy) is 3. The molecule has 3 aliphatic carbocycles. The van der Waals surface area contributed by atoms with E-state index in [0.29, 0.717) is 26.3 Å². The number of hydrogen-bond donors (Lipinski definition) is 4. The van der Waals surface area contributed by atoms with Gasteiger partial charge in [-0.25, -0.2) is 19.6 Å². The normalized spacial score (nSPS) is 22.5. The van der Waals surface area contributed by atoms with E-state index >= 15 is 0 Å². The number of nitrogens with zero attached hydrogens (tertiary/aromatic N) is 4. The molecule has 0 radical (unpaired) electrons. The van der Waals surface area contributed by atoms with Gasteiger partial charge in [0.25, 0.3) is 0 Å². The zero-order chi connectivity index (χ0) is 39.7. The minimum absolute atomic E-state index is 0.0797. The first-order chi connectivity index (χ1) is 28.3. The molecule has 4 aromatic rings. The largest absolute Gasteiger partial charge is 0.453 e. The lowest BCUT2D eigenvalue weighted by atomic mass is 9.75. The van der Waals surface area contributed by atoms with E-state index in [4.69, 9.17) is 24.2 Å². The number of carbonyl (C=O) groups is 4. The summed E-state index contributed by atoms with van der Waals surface area (Å²) in [5.41, 5.74) is 8.28. The predicted molar refractivity (Wildman–Crippen MR) is 210 cm³/mol. The van der Waals surface area contributed by atoms with Crippen molar-refractivity contribution in [2.45, 2.75) is 80.9 Å². The number of aromatic nitrogens is 4. The molecule has 0 unspecified atom stereocenters. The van der Waals surface area contributed by atoms with Crippen LogP contribution < -0.4 is 10.6 Å². The zero-order valence-corrected chi connectivity index (χ0v) is 32.7. The number of aromatic amines is 2. The number of carbonyl (C=O) groups excluding carboxylic acids is 4. The van der Waals surface area contributed by atoms with E-state index in [1.165, 1.54) is 36.5 Å². The highest BCUT2D eigenvalue weighted by Gasteiger charge is 2.50. The van der Waals surface area contributed by atoms with Gasteiger partial charge in [-0.15, -0.1) is 0 Å². The number of likely N-dealkylation sites (tertiary alicyclic amines) is 2. The molecule has 58 heavy (non-hydrogen) atoms. The van der Waals surface area contributed by atoms with Gasteiger partial charge in [-0.05, 0) is 109 Å². The van der Waals surface area contributed by atoms with Crippen LogP contribution in [0.3, 0.4) is 0 Å². The average molecular weight is 789 g/mol. The van der Waals surface area contributed by atoms with Crippen molar-refractivity contribution in [3.05, 3.63) is 71.6 Å². The Labute approximate surface area is 335 Å². The van der Waals surface area contributed by atoms with Crippen molar-refractivity contribution >= 4 is 24.0 Å². The molecular weight excluding hydrogens is 741 g/mol. The summed E-state index contributed by atoms with van der Waals surface area (Å²) in [5, 5.41) is 5.56. The number of hydrogen-bond acceptors (Lipinski definition) is 9. The van der Waals surface area contributed by atoms with E-state index in [2.05, 4.69) is 57.0 Å². The van der Waals surface area contributed by atoms with Crippen LogP contribution in [-0.2, 0) is 29.2 Å². The van der Waals surface area contributed by atoms with Gasteiger partial charge < -0.3 is 44.6 Å². The van der Waals surface area contributed by atoms with Crippen LogP contribution in [0, 0.1) is 11.8 Å². The van der Waals surface area contributed by atoms with Crippen molar-refractivity contribution in [2.75, 3.05) is 40.5 Å². The Balaban J connectivity index is 0.880. The Hall–Kier alpha value is -5.70. The highest BCUT2D eigenvalue weighted by molar-refractivity contribution is 5.88. The minimum Gasteiger partial charge on any atom is -0.453 e. The zero-order valence-electron chi connectivity index (χ0n) is 32.7. The van der Waals surface area contributed by atoms with Gasteiger partial charge in [0.1, 0.15) is 23.7 Å². The maximum atomic E-state index is 13.7. The monoisotopic (exact) mass is 788 g/mol. The van der Waals surface area contributed by atoms with Gasteiger partial charge in [0.2, 0.25) is 11.8 Å². The maximum absolute atomic E-state index is 13.7. The van der Waals surface area contributed by atoms with Crippen molar-refractivity contribution in [1.82, 2.24) is 40.4 Å². The Kier molecular flexibility index (Phi) is 9.03. The molecule has 3 saturated heterocycles. The molecule has 2 saturated carbocycles. The molecule has 302 valence electrons. The molecule has 4 amide bonds. The van der Waals surface area contributed by atoms with E-state index in [0.717, 1.165) is 85.5 Å². The number of amides is 4. The predicted octanol–water partition coefficient (Wildman–Crippen LogP) is 5.36. The molecule has 15 nitrogen and oxygen atoms in total. The van der Waals surface area contributed by atoms with Crippen LogP contribution in [0.4, 0.5) is 9.59 Å². The molecule has 6 aliphatic rings. The molecule has 4 N–H and O–H groups in total. The van der Waals surface area contributed by atoms with Crippen LogP contribution in [-0.4, -0.2) is 106 Å². The molecule has 2 aromatic heterocycles. The van der Waals surface area contributed by atoms with Crippen LogP contribution in [0.1, 0.15) is 86.2 Å². The van der Waals surface area contributed by atoms with Crippen LogP contribution in [0.5, 0.6) is 0 Å². The smallest absolute Gasteiger partial charge is 0.407 e. The van der Waals surface area contributed by atoms with Gasteiger partial charge in [-0.3, -0.25) is 9.59 Å². The van der Waals surface area contributed by atoms with Crippen LogP contribution >= 0.6 is 0 Å². The van der Waals surface area contributed by atoms with E-state index in [1.807, 2.05) is 22.2 Å². The first-order valence-corrected chi connectivity index (χ1v) is 20.5. The Bertz CT molecular complexity index is 2140. The second-order valence-corrected chi connectivity index (χ2v) is 16.7. The Morgan fingerprint density at radius 3 is 1.53 bits per heavy atom. The van der Waals surface area contributed by atoms with Crippen LogP contribution in [0.15, 0.2) is 48.8 Å². The van der Waals surface area contributed by atoms with Crippen LogP contribution in [0.2, 0.25) is 0 Å². The third-order valence-electron chi connectivity index (χ3n) is 13.2. The van der Waals surface area contributed by atoms with Crippen molar-refractivity contribution in [2.24, 2.45) is 11.8 Å². The number of benzene rings is 2. The van der Waals surface area contributed by atoms with E-state index in [1.54, 1.807) is 0 Å². The van der Waals surface area contributed by atoms with Crippen LogP contribution in [0.25, 0.3) is 33.6 Å². The van der Waals surface area contributed by atoms with E-state index in [-0.39, 0.29) is 41.1 Å². The van der Waals surface area contributed by atoms with Crippen molar-refractivity contribution in [1.29, 1.82) is 0 Å². The number of alkyl carbamates (subject to hydrolysis) is 2. The maximum Gasteiger partial charge on any atom is 0.407 e. The fourth-order valence-corrected chi connectivity index (χ4v) is 9.73. The SMILES string of the molecule is COC(=O)N[C@H](C(=O)N1CCC[C@H]1c1ncc(-c2ccc3c(c2)C2(COC2)c2cc(-c4cnc([C@@H]5CCCN5C(=O)[C@@H](NC(=O)OC)C5CC5)[nH]4)ccc2-3)[nH]1)C1CC1. The second kappa shape index (κ2) is 14.3. The molecule has 3 aliphatic heterocycles. The highest BCUT2D eigenvalue weighted by atomic mass is 16.5. The summed E-state index contributed by atoms with van der Waals surface area (Å²) in [4.78, 5) is 72.1. The number of imidazole rings is 2. The molecule has 0 bridgehead atoms. The van der Waals surface area contributed by atoms with Gasteiger partial charge in [-0.1, -0.05) is 24.3 Å². The Morgan fingerprint density at radius 1 is 0.707 bits per heavy atom. The van der Waals surface area contributed by atoms with E-state index in [9.17, 15) is 19.2 Å². The summed E-state index contributed by atoms with van der Waals surface area (Å²) in [6, 6.07) is 11.5. The lowest BCUT2D eigenvalue weighted by Crippen LogP contribution is -2.49. The third-order valence-corrected chi connectivity index (χ3v) is 13.2. The topological polar surface area (TPSA) is 184 Å². The summed E-state index contributed by atoms with van der Waals surface area (Å²) in [6.45, 7) is 2.37. The fourth-order valence-electron chi connectivity index (χ4n) is 9.73. The third kappa shape index (κ3) is 6.21. The van der Waals surface area contributed by atoms with Crippen molar-refractivity contribution < 1.29 is 33.4 Å². The summed E-state index contributed by atoms with van der Waals surface area (Å²) >= 11 is 0. The number of fused-ring (bicyclic) bond motifs is 5. The lowest BCUT2D eigenvalue weighted by molar-refractivity contribution is -0.135. The molecule has 5 fully saturated rings. The van der Waals surface area contributed by atoms with Gasteiger partial charge >= 0.3 is 12.2 Å². The Morgan fingerprint density at radius 2 is 1.16 bits per heavy atom. The van der Waals surface area contributed by atoms with Gasteiger partial charge in [0.15, 0.2) is 0 Å². The standard InChI is InChI=1S/C43H48N8O7/c1-56-41(54)48-35(23-7-8-23)39(52)50-15-3-5-33(50)37-44-19-31(46-37)25-11-13-27-28-14-12-26(18-30(28)43(21-58-22-43)29(27)17-25)32-20-45-38(47-32)34-6-4-16-51(34)40(53)36(24-9-10-24)49-42(55)57-2/h11-14,17-20,23-24,33-36H,3-10,15-16,21-22H2,1-2H3,(H,44,46)(H,45,47)(H,48,54)(H,49,55)/t33-,34-,35-,36-/m0/s1. The molecule has 1 spiro atoms. The van der Waals surface area contributed by atoms with Gasteiger partial charge in [-0.2, -0.15) is 0 Å². The lowest BCUT2D eigenvalue weighted by Gasteiger charge is -2.40. The number of methoxy groups -OCH3 is 2. The van der Waals surface area contributed by atoms with Crippen molar-refractivity contribution in [3.63, 3.8) is 0 Å². The number of rotatable bonds is 10. The molecular formula is C43H48N8O7. The molecule has 15 heteroatoms. The highest BCUT2D eigenvalue weighted by Crippen LogP contribution is 2.54. The minimum atomic E-state index is -0.589. The first kappa shape index (κ1) is 36.6. The molecule has 4 atom stereocenters. The molecule has 2 aromatic carbocycles. The summed E-state index contributed by atoms with van der Waals surface area (Å²) in [6.07, 6.45) is 9.47. The summed E-state index contributed by atoms with van der Waals surface area (Å²) in [7, 11) is 2.63. The fraction of sp³-hybridized carbons (Fsp3) is 0.488. The van der Waals surface area contributed by atoms with Gasteiger partial charge in [0.05, 0.1) is 68.7 Å². The summed E-state index contributed by atoms with van der Waals surface area (Å²) < 4.78 is 15.6. The first-order valence-electron chi connectivity index (χ1n) is 20.5. The van der Waals surface area contributed by atoms with Crippen molar-refractivity contribution in [3.8, 4) is 33.6 Å². The quantitative estimate of drug-likeness (QED) is 0.164. The molecule has 10 rings (SSSR count). The molecule has 5 heterocycles. The number of H-pyrrole nitrogens is 2.